The molecule has 1 atom stereocenters. The van der Waals surface area contributed by atoms with Gasteiger partial charge < -0.3 is 20.7 Å². The summed E-state index contributed by atoms with van der Waals surface area (Å²) in [4.78, 5) is 46.7. The predicted molar refractivity (Wildman–Crippen MR) is 156 cm³/mol. The molecule has 214 valence electrons. The Morgan fingerprint density at radius 3 is 2.44 bits per heavy atom. The summed E-state index contributed by atoms with van der Waals surface area (Å²) < 4.78 is 19.5. The first kappa shape index (κ1) is 30.2. The zero-order valence-corrected chi connectivity index (χ0v) is 24.2. The molecule has 1 aliphatic heterocycles. The SMILES string of the molecule is CC.O=C(COc1ncc(F)cc1C(=O)NC1N=C(c2c(Cl)cc(Cl)cc2Cl)c2ccccc2NC1=O)NC1CC1. The maximum absolute atomic E-state index is 14.1. The summed E-state index contributed by atoms with van der Waals surface area (Å²) in [6.07, 6.45) is 1.13. The summed E-state index contributed by atoms with van der Waals surface area (Å²) in [6, 6.07) is 10.7. The number of ether oxygens (including phenoxy) is 1. The molecule has 9 nitrogen and oxygen atoms in total. The number of hydrogen-bond acceptors (Lipinski definition) is 6. The van der Waals surface area contributed by atoms with Crippen LogP contribution in [0.2, 0.25) is 15.1 Å². The molecule has 1 fully saturated rings. The first-order valence-corrected chi connectivity index (χ1v) is 13.8. The number of rotatable bonds is 7. The average molecular weight is 621 g/mol. The molecule has 1 aromatic heterocycles. The minimum Gasteiger partial charge on any atom is -0.467 e. The largest absolute Gasteiger partial charge is 0.467 e. The van der Waals surface area contributed by atoms with Crippen LogP contribution in [0.5, 0.6) is 5.88 Å². The van der Waals surface area contributed by atoms with Crippen LogP contribution in [0.3, 0.4) is 0 Å². The minimum absolute atomic E-state index is 0.109. The van der Waals surface area contributed by atoms with Crippen molar-refractivity contribution < 1.29 is 23.5 Å². The van der Waals surface area contributed by atoms with E-state index < -0.39 is 36.3 Å². The highest BCUT2D eigenvalue weighted by Crippen LogP contribution is 2.34. The van der Waals surface area contributed by atoms with E-state index in [4.69, 9.17) is 39.5 Å². The van der Waals surface area contributed by atoms with Gasteiger partial charge in [0.25, 0.3) is 17.7 Å². The van der Waals surface area contributed by atoms with Gasteiger partial charge in [0.2, 0.25) is 12.0 Å². The molecule has 13 heteroatoms. The Labute approximate surface area is 250 Å². The Kier molecular flexibility index (Phi) is 9.80. The van der Waals surface area contributed by atoms with Gasteiger partial charge >= 0.3 is 0 Å². The molecule has 3 N–H and O–H groups in total. The number of aliphatic imine (C=N–C) groups is 1. The van der Waals surface area contributed by atoms with Gasteiger partial charge in [-0.05, 0) is 37.1 Å². The average Bonchev–Trinajstić information content (AvgIpc) is 3.77. The van der Waals surface area contributed by atoms with Gasteiger partial charge in [-0.25, -0.2) is 14.4 Å². The fourth-order valence-electron chi connectivity index (χ4n) is 3.86. The Morgan fingerprint density at radius 1 is 1.07 bits per heavy atom. The quantitative estimate of drug-likeness (QED) is 0.326. The third kappa shape index (κ3) is 7.32. The van der Waals surface area contributed by atoms with Gasteiger partial charge in [0.15, 0.2) is 6.61 Å². The fourth-order valence-corrected chi connectivity index (χ4v) is 4.86. The number of nitrogens with one attached hydrogen (secondary N) is 3. The van der Waals surface area contributed by atoms with Crippen molar-refractivity contribution >= 4 is 63.9 Å². The van der Waals surface area contributed by atoms with Crippen molar-refractivity contribution in [3.63, 3.8) is 0 Å². The molecule has 0 saturated heterocycles. The Hall–Kier alpha value is -3.73. The molecule has 3 amide bonds. The topological polar surface area (TPSA) is 122 Å². The monoisotopic (exact) mass is 619 g/mol. The van der Waals surface area contributed by atoms with Crippen molar-refractivity contribution in [1.29, 1.82) is 0 Å². The molecule has 5 rings (SSSR count). The number of carbonyl (C=O) groups excluding carboxylic acids is 3. The lowest BCUT2D eigenvalue weighted by Crippen LogP contribution is -2.42. The Morgan fingerprint density at radius 2 is 1.76 bits per heavy atom. The number of anilines is 1. The number of fused-ring (bicyclic) bond motifs is 1. The van der Waals surface area contributed by atoms with Crippen molar-refractivity contribution in [3.8, 4) is 5.88 Å². The number of hydrogen-bond donors (Lipinski definition) is 3. The highest BCUT2D eigenvalue weighted by Gasteiger charge is 2.30. The van der Waals surface area contributed by atoms with Crippen LogP contribution in [0.1, 0.15) is 48.2 Å². The number of benzene rings is 2. The predicted octanol–water partition coefficient (Wildman–Crippen LogP) is 5.41. The van der Waals surface area contributed by atoms with Crippen LogP contribution in [-0.4, -0.2) is 47.2 Å². The minimum atomic E-state index is -1.49. The standard InChI is InChI=1S/C26H19Cl3FN5O4.C2H6/c27-12-7-17(28)21(18(29)8-12)22-15-3-1-2-4-19(15)33-25(38)23(34-22)35-24(37)16-9-13(30)10-31-26(16)39-11-20(36)32-14-5-6-14;1-2/h1-4,7-10,14,23H,5-6,11H2,(H,32,36)(H,33,38)(H,35,37);1-2H3. The third-order valence-electron chi connectivity index (χ3n) is 5.80. The van der Waals surface area contributed by atoms with Crippen LogP contribution in [-0.2, 0) is 9.59 Å². The van der Waals surface area contributed by atoms with Crippen LogP contribution >= 0.6 is 34.8 Å². The number of aromatic nitrogens is 1. The lowest BCUT2D eigenvalue weighted by atomic mass is 10.0. The van der Waals surface area contributed by atoms with Crippen LogP contribution in [0.25, 0.3) is 0 Å². The third-order valence-corrected chi connectivity index (χ3v) is 6.62. The maximum atomic E-state index is 14.1. The van der Waals surface area contributed by atoms with Gasteiger partial charge in [0, 0.05) is 22.2 Å². The molecule has 0 radical (unpaired) electrons. The van der Waals surface area contributed by atoms with E-state index in [0.717, 1.165) is 25.1 Å². The second-order valence-corrected chi connectivity index (χ2v) is 10.0. The molecule has 3 aromatic rings. The van der Waals surface area contributed by atoms with Gasteiger partial charge in [-0.2, -0.15) is 0 Å². The lowest BCUT2D eigenvalue weighted by molar-refractivity contribution is -0.123. The summed E-state index contributed by atoms with van der Waals surface area (Å²) in [6.45, 7) is 3.57. The van der Waals surface area contributed by atoms with Crippen LogP contribution < -0.4 is 20.7 Å². The van der Waals surface area contributed by atoms with Gasteiger partial charge in [0.05, 0.1) is 27.6 Å². The molecule has 2 aliphatic rings. The summed E-state index contributed by atoms with van der Waals surface area (Å²) in [5.41, 5.74) is 1.07. The summed E-state index contributed by atoms with van der Waals surface area (Å²) in [5.74, 6) is -3.10. The Balaban J connectivity index is 0.00000189. The number of halogens is 4. The second-order valence-electron chi connectivity index (χ2n) is 8.77. The summed E-state index contributed by atoms with van der Waals surface area (Å²) in [7, 11) is 0. The zero-order valence-electron chi connectivity index (χ0n) is 21.9. The lowest BCUT2D eigenvalue weighted by Gasteiger charge is -2.16. The number of nitrogens with zero attached hydrogens (tertiary/aromatic N) is 2. The molecule has 0 spiro atoms. The first-order chi connectivity index (χ1) is 19.7. The van der Waals surface area contributed by atoms with Crippen LogP contribution in [0.4, 0.5) is 10.1 Å². The number of benzodiazepines with no additional fused rings is 1. The van der Waals surface area contributed by atoms with Gasteiger partial charge in [-0.1, -0.05) is 66.8 Å². The molecule has 2 heterocycles. The van der Waals surface area contributed by atoms with Crippen molar-refractivity contribution in [3.05, 3.63) is 86.2 Å². The van der Waals surface area contributed by atoms with Gasteiger partial charge in [0.1, 0.15) is 11.4 Å². The van der Waals surface area contributed by atoms with E-state index in [2.05, 4.69) is 25.9 Å². The van der Waals surface area contributed by atoms with Crippen molar-refractivity contribution in [1.82, 2.24) is 15.6 Å². The Bertz CT molecular complexity index is 1510. The molecular weight excluding hydrogens is 596 g/mol. The molecule has 1 aliphatic carbocycles. The molecule has 1 unspecified atom stereocenters. The smallest absolute Gasteiger partial charge is 0.269 e. The molecule has 2 aromatic carbocycles. The summed E-state index contributed by atoms with van der Waals surface area (Å²) >= 11 is 19.0. The fraction of sp³-hybridized carbons (Fsp3) is 0.250. The van der Waals surface area contributed by atoms with Crippen molar-refractivity contribution in [2.75, 3.05) is 11.9 Å². The van der Waals surface area contributed by atoms with E-state index in [1.165, 1.54) is 12.1 Å². The van der Waals surface area contributed by atoms with Crippen LogP contribution in [0.15, 0.2) is 53.7 Å². The van der Waals surface area contributed by atoms with Crippen molar-refractivity contribution in [2.24, 2.45) is 4.99 Å². The van der Waals surface area contributed by atoms with E-state index in [1.54, 1.807) is 24.3 Å². The molecule has 0 bridgehead atoms. The van der Waals surface area contributed by atoms with Gasteiger partial charge in [-0.15, -0.1) is 0 Å². The van der Waals surface area contributed by atoms with Crippen LogP contribution in [0, 0.1) is 5.82 Å². The number of carbonyl (C=O) groups is 3. The van der Waals surface area contributed by atoms with Crippen molar-refractivity contribution in [2.45, 2.75) is 38.9 Å². The molecular formula is C28H25Cl3FN5O4. The highest BCUT2D eigenvalue weighted by molar-refractivity contribution is 6.44. The van der Waals surface area contributed by atoms with E-state index in [0.29, 0.717) is 21.8 Å². The van der Waals surface area contributed by atoms with E-state index >= 15 is 0 Å². The normalized spacial score (nSPS) is 15.7. The van der Waals surface area contributed by atoms with E-state index in [1.807, 2.05) is 13.8 Å². The second kappa shape index (κ2) is 13.3. The van der Waals surface area contributed by atoms with E-state index in [9.17, 15) is 18.8 Å². The van der Waals surface area contributed by atoms with Gasteiger partial charge in [-0.3, -0.25) is 14.4 Å². The molecule has 1 saturated carbocycles. The number of pyridine rings is 1. The van der Waals surface area contributed by atoms with E-state index in [-0.39, 0.29) is 33.2 Å². The zero-order chi connectivity index (χ0) is 29.7. The number of para-hydroxylation sites is 1. The summed E-state index contributed by atoms with van der Waals surface area (Å²) in [5, 5.41) is 8.57. The number of amides is 3. The maximum Gasteiger partial charge on any atom is 0.269 e. The first-order valence-electron chi connectivity index (χ1n) is 12.7. The molecule has 41 heavy (non-hydrogen) atoms. The highest BCUT2D eigenvalue weighted by atomic mass is 35.5.